The molecule has 5 heteroatoms. The molecule has 0 saturated carbocycles. The van der Waals surface area contributed by atoms with Crippen LogP contribution in [0.3, 0.4) is 0 Å². The van der Waals surface area contributed by atoms with Crippen molar-refractivity contribution in [2.24, 2.45) is 0 Å². The Morgan fingerprint density at radius 2 is 2.13 bits per heavy atom. The highest BCUT2D eigenvalue weighted by molar-refractivity contribution is 5.96. The van der Waals surface area contributed by atoms with Crippen molar-refractivity contribution in [1.29, 1.82) is 5.26 Å². The molecule has 1 aromatic rings. The number of carbonyl (C=O) groups is 1. The van der Waals surface area contributed by atoms with Crippen LogP contribution in [0, 0.1) is 23.0 Å². The summed E-state index contributed by atoms with van der Waals surface area (Å²) in [6.45, 7) is 0. The van der Waals surface area contributed by atoms with Gasteiger partial charge in [-0.15, -0.1) is 0 Å². The minimum atomic E-state index is -1.46. The first-order valence-corrected chi connectivity index (χ1v) is 3.84. The number of carboxylic acid groups (broad SMARTS) is 1. The number of aliphatic carboxylic acids is 1. The maximum absolute atomic E-state index is 13.0. The van der Waals surface area contributed by atoms with Crippen molar-refractivity contribution in [1.82, 2.24) is 0 Å². The Kier molecular flexibility index (Phi) is 3.13. The fourth-order valence-corrected chi connectivity index (χ4v) is 0.916. The molecule has 0 aromatic heterocycles. The zero-order chi connectivity index (χ0) is 11.4. The molecule has 0 aliphatic rings. The maximum Gasteiger partial charge on any atom is 0.346 e. The Labute approximate surface area is 83.9 Å². The van der Waals surface area contributed by atoms with Gasteiger partial charge < -0.3 is 5.11 Å². The Hall–Kier alpha value is -2.22. The van der Waals surface area contributed by atoms with Crippen molar-refractivity contribution >= 4 is 12.0 Å². The standard InChI is InChI=1S/C10H5F2NO2/c11-8-2-1-6(9(12)4-8)3-7(5-13)10(14)15/h1-4H,(H,14,15). The second-order valence-electron chi connectivity index (χ2n) is 2.64. The number of nitriles is 1. The van der Waals surface area contributed by atoms with Crippen molar-refractivity contribution in [3.63, 3.8) is 0 Å². The molecule has 1 rings (SSSR count). The molecule has 0 fully saturated rings. The first-order chi connectivity index (χ1) is 7.04. The Balaban J connectivity index is 3.19. The van der Waals surface area contributed by atoms with Crippen molar-refractivity contribution in [2.75, 3.05) is 0 Å². The van der Waals surface area contributed by atoms with Crippen LogP contribution in [0.25, 0.3) is 6.08 Å². The molecule has 76 valence electrons. The van der Waals surface area contributed by atoms with E-state index in [4.69, 9.17) is 10.4 Å². The van der Waals surface area contributed by atoms with Crippen LogP contribution in [0.4, 0.5) is 8.78 Å². The second-order valence-corrected chi connectivity index (χ2v) is 2.64. The molecule has 0 heterocycles. The monoisotopic (exact) mass is 209 g/mol. The minimum Gasteiger partial charge on any atom is -0.477 e. The zero-order valence-corrected chi connectivity index (χ0v) is 7.37. The summed E-state index contributed by atoms with van der Waals surface area (Å²) in [5.41, 5.74) is -0.754. The Bertz CT molecular complexity index is 475. The molecule has 0 radical (unpaired) electrons. The SMILES string of the molecule is N#CC(=Cc1ccc(F)cc1F)C(=O)O. The number of nitrogens with zero attached hydrogens (tertiary/aromatic N) is 1. The van der Waals surface area contributed by atoms with Crippen LogP contribution >= 0.6 is 0 Å². The molecular formula is C10H5F2NO2. The molecule has 15 heavy (non-hydrogen) atoms. The summed E-state index contributed by atoms with van der Waals surface area (Å²) in [6, 6.07) is 4.05. The van der Waals surface area contributed by atoms with Crippen LogP contribution in [0.5, 0.6) is 0 Å². The number of hydrogen-bond donors (Lipinski definition) is 1. The van der Waals surface area contributed by atoms with Crippen LogP contribution in [0.15, 0.2) is 23.8 Å². The summed E-state index contributed by atoms with van der Waals surface area (Å²) in [7, 11) is 0. The third-order valence-corrected chi connectivity index (χ3v) is 1.61. The molecule has 0 unspecified atom stereocenters. The lowest BCUT2D eigenvalue weighted by Crippen LogP contribution is -1.98. The first kappa shape index (κ1) is 10.9. The molecule has 3 nitrogen and oxygen atoms in total. The van der Waals surface area contributed by atoms with Crippen LogP contribution in [0.1, 0.15) is 5.56 Å². The summed E-state index contributed by atoms with van der Waals surface area (Å²) in [5.74, 6) is -3.14. The average molecular weight is 209 g/mol. The minimum absolute atomic E-state index is 0.143. The van der Waals surface area contributed by atoms with E-state index in [-0.39, 0.29) is 5.56 Å². The molecule has 0 saturated heterocycles. The largest absolute Gasteiger partial charge is 0.477 e. The summed E-state index contributed by atoms with van der Waals surface area (Å²) < 4.78 is 25.5. The lowest BCUT2D eigenvalue weighted by molar-refractivity contribution is -0.132. The molecule has 0 bridgehead atoms. The fraction of sp³-hybridized carbons (Fsp3) is 0. The molecule has 0 atom stereocenters. The fourth-order valence-electron chi connectivity index (χ4n) is 0.916. The van der Waals surface area contributed by atoms with Gasteiger partial charge in [-0.1, -0.05) is 0 Å². The zero-order valence-electron chi connectivity index (χ0n) is 7.37. The highest BCUT2D eigenvalue weighted by Gasteiger charge is 2.08. The number of halogens is 2. The van der Waals surface area contributed by atoms with Gasteiger partial charge in [0.25, 0.3) is 0 Å². The first-order valence-electron chi connectivity index (χ1n) is 3.84. The normalized spacial score (nSPS) is 10.9. The van der Waals surface area contributed by atoms with Gasteiger partial charge in [-0.2, -0.15) is 5.26 Å². The summed E-state index contributed by atoms with van der Waals surface area (Å²) >= 11 is 0. The summed E-state index contributed by atoms with van der Waals surface area (Å²) in [6.07, 6.45) is 0.844. The van der Waals surface area contributed by atoms with Crippen molar-refractivity contribution in [3.05, 3.63) is 41.0 Å². The van der Waals surface area contributed by atoms with E-state index in [1.54, 1.807) is 0 Å². The van der Waals surface area contributed by atoms with E-state index < -0.39 is 23.2 Å². The van der Waals surface area contributed by atoms with Gasteiger partial charge in [-0.3, -0.25) is 0 Å². The van der Waals surface area contributed by atoms with Crippen molar-refractivity contribution < 1.29 is 18.7 Å². The van der Waals surface area contributed by atoms with E-state index in [9.17, 15) is 13.6 Å². The predicted molar refractivity (Wildman–Crippen MR) is 47.6 cm³/mol. The van der Waals surface area contributed by atoms with Gasteiger partial charge in [-0.05, 0) is 18.2 Å². The third-order valence-electron chi connectivity index (χ3n) is 1.61. The van der Waals surface area contributed by atoms with Gasteiger partial charge in [0, 0.05) is 11.6 Å². The van der Waals surface area contributed by atoms with Gasteiger partial charge in [0.05, 0.1) is 0 Å². The molecule has 0 aliphatic heterocycles. The van der Waals surface area contributed by atoms with E-state index in [0.29, 0.717) is 6.07 Å². The van der Waals surface area contributed by atoms with Crippen molar-refractivity contribution in [2.45, 2.75) is 0 Å². The third kappa shape index (κ3) is 2.61. The number of rotatable bonds is 2. The van der Waals surface area contributed by atoms with E-state index in [1.165, 1.54) is 6.07 Å². The van der Waals surface area contributed by atoms with Gasteiger partial charge >= 0.3 is 5.97 Å². The predicted octanol–water partition coefficient (Wildman–Crippen LogP) is 1.96. The lowest BCUT2D eigenvalue weighted by atomic mass is 10.1. The number of carboxylic acids is 1. The topological polar surface area (TPSA) is 61.1 Å². The quantitative estimate of drug-likeness (QED) is 0.598. The summed E-state index contributed by atoms with van der Waals surface area (Å²) in [5, 5.41) is 16.9. The molecule has 1 N–H and O–H groups in total. The van der Waals surface area contributed by atoms with Gasteiger partial charge in [0.2, 0.25) is 0 Å². The molecule has 0 spiro atoms. The second kappa shape index (κ2) is 4.33. The maximum atomic E-state index is 13.0. The van der Waals surface area contributed by atoms with Crippen LogP contribution < -0.4 is 0 Å². The smallest absolute Gasteiger partial charge is 0.346 e. The van der Waals surface area contributed by atoms with Crippen LogP contribution in [-0.2, 0) is 4.79 Å². The van der Waals surface area contributed by atoms with E-state index in [0.717, 1.165) is 18.2 Å². The highest BCUT2D eigenvalue weighted by atomic mass is 19.1. The lowest BCUT2D eigenvalue weighted by Gasteiger charge is -1.96. The number of hydrogen-bond acceptors (Lipinski definition) is 2. The van der Waals surface area contributed by atoms with Gasteiger partial charge in [0.1, 0.15) is 23.3 Å². The van der Waals surface area contributed by atoms with Gasteiger partial charge in [-0.25, -0.2) is 13.6 Å². The van der Waals surface area contributed by atoms with Crippen LogP contribution in [-0.4, -0.2) is 11.1 Å². The Morgan fingerprint density at radius 1 is 1.47 bits per heavy atom. The molecule has 0 aliphatic carbocycles. The molecular weight excluding hydrogens is 204 g/mol. The van der Waals surface area contributed by atoms with E-state index in [1.807, 2.05) is 0 Å². The highest BCUT2D eigenvalue weighted by Crippen LogP contribution is 2.13. The average Bonchev–Trinajstić information content (AvgIpc) is 2.16. The van der Waals surface area contributed by atoms with E-state index in [2.05, 4.69) is 0 Å². The van der Waals surface area contributed by atoms with E-state index >= 15 is 0 Å². The van der Waals surface area contributed by atoms with Crippen LogP contribution in [0.2, 0.25) is 0 Å². The van der Waals surface area contributed by atoms with Crippen molar-refractivity contribution in [3.8, 4) is 6.07 Å². The van der Waals surface area contributed by atoms with Gasteiger partial charge in [0.15, 0.2) is 0 Å². The Morgan fingerprint density at radius 3 is 2.60 bits per heavy atom. The molecule has 1 aromatic carbocycles. The number of benzene rings is 1. The summed E-state index contributed by atoms with van der Waals surface area (Å²) in [4.78, 5) is 10.4. The molecule has 0 amide bonds.